The van der Waals surface area contributed by atoms with E-state index in [0.717, 1.165) is 34.4 Å². The van der Waals surface area contributed by atoms with Crippen LogP contribution in [0.25, 0.3) is 10.6 Å². The summed E-state index contributed by atoms with van der Waals surface area (Å²) in [5.41, 5.74) is -1.07. The Morgan fingerprint density at radius 1 is 1.21 bits per heavy atom. The van der Waals surface area contributed by atoms with Crippen LogP contribution in [0.5, 0.6) is 0 Å². The lowest BCUT2D eigenvalue weighted by molar-refractivity contribution is -0.137. The molecule has 1 aromatic carbocycles. The predicted octanol–water partition coefficient (Wildman–Crippen LogP) is 5.09. The Hall–Kier alpha value is -1.43. The molecule has 0 amide bonds. The molecule has 0 aliphatic heterocycles. The van der Waals surface area contributed by atoms with Crippen molar-refractivity contribution in [2.45, 2.75) is 25.9 Å². The van der Waals surface area contributed by atoms with Gasteiger partial charge in [0.2, 0.25) is 0 Å². The molecule has 0 spiro atoms. The van der Waals surface area contributed by atoms with Gasteiger partial charge in [0.1, 0.15) is 10.8 Å². The Kier molecular flexibility index (Phi) is 3.62. The summed E-state index contributed by atoms with van der Waals surface area (Å²) in [6, 6.07) is 2.44. The van der Waals surface area contributed by atoms with Gasteiger partial charge in [0.25, 0.3) is 0 Å². The number of rotatable bonds is 2. The highest BCUT2D eigenvalue weighted by atomic mass is 32.1. The van der Waals surface area contributed by atoms with Crippen LogP contribution < -0.4 is 0 Å². The van der Waals surface area contributed by atoms with E-state index in [0.29, 0.717) is 0 Å². The number of alkyl halides is 3. The van der Waals surface area contributed by atoms with Crippen LogP contribution in [0.1, 0.15) is 30.2 Å². The summed E-state index contributed by atoms with van der Waals surface area (Å²) in [4.78, 5) is 4.84. The first-order chi connectivity index (χ1) is 8.79. The van der Waals surface area contributed by atoms with Crippen molar-refractivity contribution in [1.82, 2.24) is 4.98 Å². The maximum absolute atomic E-state index is 13.2. The van der Waals surface area contributed by atoms with Crippen LogP contribution in [-0.2, 0) is 6.18 Å². The third-order valence-electron chi connectivity index (χ3n) is 2.61. The summed E-state index contributed by atoms with van der Waals surface area (Å²) in [5.74, 6) is -0.529. The Bertz CT molecular complexity index is 587. The Labute approximate surface area is 111 Å². The molecule has 0 bridgehead atoms. The molecule has 1 aromatic heterocycles. The molecule has 1 heterocycles. The summed E-state index contributed by atoms with van der Waals surface area (Å²) in [7, 11) is 0. The number of hydrogen-bond donors (Lipinski definition) is 0. The molecule has 6 heteroatoms. The minimum absolute atomic E-state index is 0.175. The average molecular weight is 289 g/mol. The van der Waals surface area contributed by atoms with Crippen LogP contribution in [0.2, 0.25) is 0 Å². The third kappa shape index (κ3) is 2.94. The van der Waals surface area contributed by atoms with E-state index >= 15 is 0 Å². The summed E-state index contributed by atoms with van der Waals surface area (Å²) in [6.45, 7) is 3.85. The lowest BCUT2D eigenvalue weighted by atomic mass is 10.1. The molecule has 2 aromatic rings. The molecule has 0 saturated heterocycles. The monoisotopic (exact) mass is 289 g/mol. The van der Waals surface area contributed by atoms with Crippen molar-refractivity contribution in [3.8, 4) is 10.6 Å². The first-order valence-corrected chi connectivity index (χ1v) is 6.43. The highest BCUT2D eigenvalue weighted by Crippen LogP contribution is 2.39. The summed E-state index contributed by atoms with van der Waals surface area (Å²) >= 11 is 1.16. The maximum Gasteiger partial charge on any atom is 0.417 e. The topological polar surface area (TPSA) is 12.9 Å². The fraction of sp³-hybridized carbons (Fsp3) is 0.308. The van der Waals surface area contributed by atoms with E-state index < -0.39 is 17.6 Å². The van der Waals surface area contributed by atoms with Crippen molar-refractivity contribution in [2.24, 2.45) is 0 Å². The molecular weight excluding hydrogens is 278 g/mol. The summed E-state index contributed by atoms with van der Waals surface area (Å²) in [5, 5.41) is 0.190. The van der Waals surface area contributed by atoms with Gasteiger partial charge in [-0.15, -0.1) is 11.3 Å². The SMILES string of the molecule is CC(C)c1cnc(-c2cc(F)ccc2C(F)(F)F)s1. The van der Waals surface area contributed by atoms with E-state index in [1.807, 2.05) is 13.8 Å². The predicted molar refractivity (Wildman–Crippen MR) is 66.6 cm³/mol. The fourth-order valence-corrected chi connectivity index (χ4v) is 2.57. The van der Waals surface area contributed by atoms with Gasteiger partial charge in [-0.3, -0.25) is 0 Å². The number of aromatic nitrogens is 1. The lowest BCUT2D eigenvalue weighted by Crippen LogP contribution is -2.07. The molecule has 0 aliphatic rings. The van der Waals surface area contributed by atoms with Gasteiger partial charge in [0.15, 0.2) is 0 Å². The van der Waals surface area contributed by atoms with E-state index in [-0.39, 0.29) is 16.5 Å². The van der Waals surface area contributed by atoms with Gasteiger partial charge >= 0.3 is 6.18 Å². The summed E-state index contributed by atoms with van der Waals surface area (Å²) in [6.07, 6.45) is -2.98. The lowest BCUT2D eigenvalue weighted by Gasteiger charge is -2.11. The second kappa shape index (κ2) is 4.92. The highest BCUT2D eigenvalue weighted by Gasteiger charge is 2.34. The van der Waals surface area contributed by atoms with Crippen molar-refractivity contribution in [3.63, 3.8) is 0 Å². The molecule has 0 saturated carbocycles. The minimum Gasteiger partial charge on any atom is -0.244 e. The number of halogens is 4. The molecule has 0 N–H and O–H groups in total. The van der Waals surface area contributed by atoms with Gasteiger partial charge in [-0.2, -0.15) is 13.2 Å². The smallest absolute Gasteiger partial charge is 0.244 e. The van der Waals surface area contributed by atoms with Crippen molar-refractivity contribution >= 4 is 11.3 Å². The van der Waals surface area contributed by atoms with E-state index in [2.05, 4.69) is 4.98 Å². The molecule has 0 unspecified atom stereocenters. The number of thiazole rings is 1. The zero-order valence-electron chi connectivity index (χ0n) is 10.3. The molecule has 0 radical (unpaired) electrons. The number of nitrogens with zero attached hydrogens (tertiary/aromatic N) is 1. The second-order valence-corrected chi connectivity index (χ2v) is 5.47. The molecule has 0 fully saturated rings. The Balaban J connectivity index is 2.56. The average Bonchev–Trinajstić information content (AvgIpc) is 2.76. The van der Waals surface area contributed by atoms with Crippen molar-refractivity contribution < 1.29 is 17.6 Å². The van der Waals surface area contributed by atoms with Crippen LogP contribution >= 0.6 is 11.3 Å². The molecule has 2 rings (SSSR count). The first kappa shape index (κ1) is 14.0. The van der Waals surface area contributed by atoms with Gasteiger partial charge in [-0.25, -0.2) is 9.37 Å². The van der Waals surface area contributed by atoms with Gasteiger partial charge in [-0.1, -0.05) is 13.8 Å². The van der Waals surface area contributed by atoms with Crippen molar-refractivity contribution in [3.05, 3.63) is 40.7 Å². The zero-order chi connectivity index (χ0) is 14.2. The Morgan fingerprint density at radius 2 is 1.89 bits per heavy atom. The van der Waals surface area contributed by atoms with Gasteiger partial charge in [0.05, 0.1) is 5.56 Å². The van der Waals surface area contributed by atoms with E-state index in [1.54, 1.807) is 0 Å². The van der Waals surface area contributed by atoms with Gasteiger partial charge in [-0.05, 0) is 24.1 Å². The quantitative estimate of drug-likeness (QED) is 0.702. The standard InChI is InChI=1S/C13H11F4NS/c1-7(2)11-6-18-12(19-11)9-5-8(14)3-4-10(9)13(15,16)17/h3-7H,1-2H3. The van der Waals surface area contributed by atoms with E-state index in [1.165, 1.54) is 6.20 Å². The molecule has 102 valence electrons. The number of benzene rings is 1. The van der Waals surface area contributed by atoms with Crippen molar-refractivity contribution in [1.29, 1.82) is 0 Å². The van der Waals surface area contributed by atoms with Crippen LogP contribution in [0.4, 0.5) is 17.6 Å². The number of hydrogen-bond acceptors (Lipinski definition) is 2. The minimum atomic E-state index is -4.52. The van der Waals surface area contributed by atoms with Crippen LogP contribution in [0, 0.1) is 5.82 Å². The zero-order valence-corrected chi connectivity index (χ0v) is 11.1. The van der Waals surface area contributed by atoms with Crippen LogP contribution in [-0.4, -0.2) is 4.98 Å². The maximum atomic E-state index is 13.2. The second-order valence-electron chi connectivity index (χ2n) is 4.41. The van der Waals surface area contributed by atoms with Gasteiger partial charge in [0, 0.05) is 16.6 Å². The van der Waals surface area contributed by atoms with E-state index in [4.69, 9.17) is 0 Å². The third-order valence-corrected chi connectivity index (χ3v) is 3.94. The molecule has 1 nitrogen and oxygen atoms in total. The van der Waals surface area contributed by atoms with E-state index in [9.17, 15) is 17.6 Å². The molecule has 19 heavy (non-hydrogen) atoms. The first-order valence-electron chi connectivity index (χ1n) is 5.62. The van der Waals surface area contributed by atoms with Crippen LogP contribution in [0.15, 0.2) is 24.4 Å². The molecular formula is C13H11F4NS. The van der Waals surface area contributed by atoms with Crippen LogP contribution in [0.3, 0.4) is 0 Å². The largest absolute Gasteiger partial charge is 0.417 e. The Morgan fingerprint density at radius 3 is 2.42 bits per heavy atom. The summed E-state index contributed by atoms with van der Waals surface area (Å²) < 4.78 is 51.9. The molecule has 0 atom stereocenters. The fourth-order valence-electron chi connectivity index (χ4n) is 1.62. The van der Waals surface area contributed by atoms with Crippen molar-refractivity contribution in [2.75, 3.05) is 0 Å². The highest BCUT2D eigenvalue weighted by molar-refractivity contribution is 7.15. The molecule has 0 aliphatic carbocycles. The van der Waals surface area contributed by atoms with Gasteiger partial charge < -0.3 is 0 Å². The normalized spacial score (nSPS) is 12.2.